The molecule has 3 nitrogen and oxygen atoms in total. The fourth-order valence-corrected chi connectivity index (χ4v) is 7.59. The fourth-order valence-electron chi connectivity index (χ4n) is 7.59. The van der Waals surface area contributed by atoms with E-state index in [2.05, 4.69) is 38.2 Å². The highest BCUT2D eigenvalue weighted by Crippen LogP contribution is 2.66. The standard InChI is InChI=1S/C22H32N2O/c1-14(10-13-23)16-5-6-17-15-4-7-19-22(3,12-9-20(25)24-19)18(15)8-11-21(16,17)2/h9,12,14-19H,4-8,10-11H2,1-3H3,(H,24,25). The summed E-state index contributed by atoms with van der Waals surface area (Å²) in [7, 11) is 0. The molecule has 0 aromatic rings. The van der Waals surface area contributed by atoms with Crippen LogP contribution in [-0.4, -0.2) is 11.9 Å². The number of amides is 1. The molecule has 8 unspecified atom stereocenters. The molecular formula is C22H32N2O. The van der Waals surface area contributed by atoms with Gasteiger partial charge in [-0.2, -0.15) is 5.26 Å². The van der Waals surface area contributed by atoms with Gasteiger partial charge in [0.15, 0.2) is 0 Å². The summed E-state index contributed by atoms with van der Waals surface area (Å²) in [6, 6.07) is 2.74. The minimum absolute atomic E-state index is 0.0906. The van der Waals surface area contributed by atoms with Crippen LogP contribution < -0.4 is 5.32 Å². The van der Waals surface area contributed by atoms with E-state index in [1.54, 1.807) is 6.08 Å². The van der Waals surface area contributed by atoms with Gasteiger partial charge in [0.2, 0.25) is 5.91 Å². The Morgan fingerprint density at radius 2 is 2.04 bits per heavy atom. The van der Waals surface area contributed by atoms with Gasteiger partial charge in [0.1, 0.15) is 0 Å². The summed E-state index contributed by atoms with van der Waals surface area (Å²) < 4.78 is 0. The number of rotatable bonds is 2. The van der Waals surface area contributed by atoms with E-state index in [0.717, 1.165) is 18.3 Å². The Morgan fingerprint density at radius 3 is 2.80 bits per heavy atom. The third kappa shape index (κ3) is 2.40. The molecule has 0 radical (unpaired) electrons. The Kier molecular flexibility index (Phi) is 4.02. The normalized spacial score (nSPS) is 49.4. The molecule has 3 aliphatic carbocycles. The van der Waals surface area contributed by atoms with E-state index < -0.39 is 0 Å². The summed E-state index contributed by atoms with van der Waals surface area (Å²) in [6.45, 7) is 7.22. The number of carbonyl (C=O) groups is 1. The lowest BCUT2D eigenvalue weighted by molar-refractivity contribution is -0.122. The van der Waals surface area contributed by atoms with E-state index >= 15 is 0 Å². The number of nitrogens with one attached hydrogen (secondary N) is 1. The molecule has 1 amide bonds. The average molecular weight is 341 g/mol. The second kappa shape index (κ2) is 5.86. The van der Waals surface area contributed by atoms with Crippen molar-refractivity contribution in [3.05, 3.63) is 12.2 Å². The zero-order valence-electron chi connectivity index (χ0n) is 15.9. The number of hydrogen-bond acceptors (Lipinski definition) is 2. The zero-order chi connectivity index (χ0) is 17.8. The molecule has 0 aromatic carbocycles. The van der Waals surface area contributed by atoms with E-state index in [4.69, 9.17) is 5.26 Å². The average Bonchev–Trinajstić information content (AvgIpc) is 2.93. The lowest BCUT2D eigenvalue weighted by atomic mass is 9.47. The van der Waals surface area contributed by atoms with Crippen molar-refractivity contribution < 1.29 is 4.79 Å². The number of carbonyl (C=O) groups excluding carboxylic acids is 1. The van der Waals surface area contributed by atoms with Crippen LogP contribution in [0.4, 0.5) is 0 Å². The molecule has 25 heavy (non-hydrogen) atoms. The van der Waals surface area contributed by atoms with E-state index in [-0.39, 0.29) is 11.3 Å². The molecule has 0 spiro atoms. The van der Waals surface area contributed by atoms with Gasteiger partial charge in [-0.25, -0.2) is 0 Å². The van der Waals surface area contributed by atoms with Crippen molar-refractivity contribution in [1.82, 2.24) is 5.32 Å². The second-order valence-electron chi connectivity index (χ2n) is 9.78. The van der Waals surface area contributed by atoms with Crippen molar-refractivity contribution in [3.8, 4) is 6.07 Å². The van der Waals surface area contributed by atoms with Crippen LogP contribution in [0.2, 0.25) is 0 Å². The highest BCUT2D eigenvalue weighted by molar-refractivity contribution is 5.89. The molecule has 1 N–H and O–H groups in total. The first-order chi connectivity index (χ1) is 11.9. The minimum atomic E-state index is 0.0906. The topological polar surface area (TPSA) is 52.9 Å². The summed E-state index contributed by atoms with van der Waals surface area (Å²) >= 11 is 0. The number of nitriles is 1. The SMILES string of the molecule is CC(CC#N)C1CCC2C3CCC4NC(=O)C=CC4(C)C3CCC12C. The molecule has 4 rings (SSSR count). The number of fused-ring (bicyclic) bond motifs is 5. The van der Waals surface area contributed by atoms with Crippen molar-refractivity contribution in [2.24, 2.45) is 40.4 Å². The van der Waals surface area contributed by atoms with Crippen LogP contribution in [0.15, 0.2) is 12.2 Å². The molecule has 1 heterocycles. The summed E-state index contributed by atoms with van der Waals surface area (Å²) in [4.78, 5) is 11.8. The van der Waals surface area contributed by atoms with Crippen LogP contribution >= 0.6 is 0 Å². The summed E-state index contributed by atoms with van der Waals surface area (Å²) in [5.41, 5.74) is 0.552. The smallest absolute Gasteiger partial charge is 0.243 e. The molecule has 136 valence electrons. The third-order valence-corrected chi connectivity index (χ3v) is 8.86. The first-order valence-electron chi connectivity index (χ1n) is 10.3. The summed E-state index contributed by atoms with van der Waals surface area (Å²) in [6.07, 6.45) is 12.3. The lowest BCUT2D eigenvalue weighted by Crippen LogP contribution is -2.59. The van der Waals surface area contributed by atoms with Crippen LogP contribution in [0.5, 0.6) is 0 Å². The second-order valence-corrected chi connectivity index (χ2v) is 9.78. The summed E-state index contributed by atoms with van der Waals surface area (Å²) in [5, 5.41) is 12.4. The monoisotopic (exact) mass is 340 g/mol. The minimum Gasteiger partial charge on any atom is -0.349 e. The van der Waals surface area contributed by atoms with Crippen LogP contribution in [0.25, 0.3) is 0 Å². The largest absolute Gasteiger partial charge is 0.349 e. The van der Waals surface area contributed by atoms with Gasteiger partial charge < -0.3 is 5.32 Å². The van der Waals surface area contributed by atoms with Gasteiger partial charge in [-0.05, 0) is 79.6 Å². The van der Waals surface area contributed by atoms with Gasteiger partial charge in [0.05, 0.1) is 6.07 Å². The Morgan fingerprint density at radius 1 is 1.24 bits per heavy atom. The molecule has 0 saturated heterocycles. The van der Waals surface area contributed by atoms with Gasteiger partial charge >= 0.3 is 0 Å². The van der Waals surface area contributed by atoms with Crippen molar-refractivity contribution in [3.63, 3.8) is 0 Å². The van der Waals surface area contributed by atoms with Gasteiger partial charge in [0.25, 0.3) is 0 Å². The molecule has 4 aliphatic rings. The van der Waals surface area contributed by atoms with Crippen LogP contribution in [0.3, 0.4) is 0 Å². The van der Waals surface area contributed by atoms with E-state index in [9.17, 15) is 4.79 Å². The molecule has 0 aromatic heterocycles. The predicted octanol–water partition coefficient (Wildman–Crippen LogP) is 4.45. The first-order valence-corrected chi connectivity index (χ1v) is 10.3. The van der Waals surface area contributed by atoms with Crippen LogP contribution in [0, 0.1) is 51.8 Å². The maximum atomic E-state index is 11.8. The zero-order valence-corrected chi connectivity index (χ0v) is 15.9. The molecule has 3 fully saturated rings. The van der Waals surface area contributed by atoms with Crippen LogP contribution in [-0.2, 0) is 4.79 Å². The Labute approximate surface area is 152 Å². The highest BCUT2D eigenvalue weighted by atomic mass is 16.1. The first kappa shape index (κ1) is 17.1. The Bertz CT molecular complexity index is 634. The van der Waals surface area contributed by atoms with Crippen molar-refractivity contribution in [1.29, 1.82) is 5.26 Å². The fraction of sp³-hybridized carbons (Fsp3) is 0.818. The lowest BCUT2D eigenvalue weighted by Gasteiger charge is -2.59. The molecule has 3 saturated carbocycles. The number of nitrogens with zero attached hydrogens (tertiary/aromatic N) is 1. The Hall–Kier alpha value is -1.30. The van der Waals surface area contributed by atoms with E-state index in [0.29, 0.717) is 35.6 Å². The maximum Gasteiger partial charge on any atom is 0.243 e. The molecule has 3 heteroatoms. The molecule has 8 atom stereocenters. The van der Waals surface area contributed by atoms with Gasteiger partial charge in [-0.3, -0.25) is 4.79 Å². The third-order valence-electron chi connectivity index (χ3n) is 8.86. The van der Waals surface area contributed by atoms with E-state index in [1.165, 1.54) is 32.1 Å². The highest BCUT2D eigenvalue weighted by Gasteiger charge is 2.60. The molecular weight excluding hydrogens is 308 g/mol. The number of hydrogen-bond donors (Lipinski definition) is 1. The Balaban J connectivity index is 1.61. The van der Waals surface area contributed by atoms with Gasteiger partial charge in [0, 0.05) is 17.9 Å². The molecule has 0 bridgehead atoms. The quantitative estimate of drug-likeness (QED) is 0.807. The van der Waals surface area contributed by atoms with Gasteiger partial charge in [-0.15, -0.1) is 0 Å². The maximum absolute atomic E-state index is 11.8. The summed E-state index contributed by atoms with van der Waals surface area (Å²) in [5.74, 6) is 3.63. The van der Waals surface area contributed by atoms with Crippen molar-refractivity contribution in [2.75, 3.05) is 0 Å². The van der Waals surface area contributed by atoms with Gasteiger partial charge in [-0.1, -0.05) is 26.8 Å². The van der Waals surface area contributed by atoms with Crippen molar-refractivity contribution >= 4 is 5.91 Å². The van der Waals surface area contributed by atoms with Crippen molar-refractivity contribution in [2.45, 2.75) is 71.8 Å². The molecule has 1 aliphatic heterocycles. The van der Waals surface area contributed by atoms with Crippen LogP contribution in [0.1, 0.15) is 65.7 Å². The predicted molar refractivity (Wildman–Crippen MR) is 98.3 cm³/mol. The van der Waals surface area contributed by atoms with E-state index in [1.807, 2.05) is 0 Å².